The quantitative estimate of drug-likeness (QED) is 0.832. The molecule has 1 rings (SSSR count). The Morgan fingerprint density at radius 2 is 1.61 bits per heavy atom. The van der Waals surface area contributed by atoms with Gasteiger partial charge in [0.25, 0.3) is 0 Å². The van der Waals surface area contributed by atoms with Crippen LogP contribution in [0.4, 0.5) is 0 Å². The van der Waals surface area contributed by atoms with Crippen molar-refractivity contribution in [1.29, 1.82) is 0 Å². The van der Waals surface area contributed by atoms with Gasteiger partial charge >= 0.3 is 0 Å². The van der Waals surface area contributed by atoms with Crippen molar-refractivity contribution in [1.82, 2.24) is 10.2 Å². The fourth-order valence-electron chi connectivity index (χ4n) is 1.82. The first-order valence-corrected chi connectivity index (χ1v) is 6.92. The molecule has 0 radical (unpaired) electrons. The molecular formula is C16H28N2. The third-order valence-corrected chi connectivity index (χ3v) is 3.08. The molecule has 0 aliphatic carbocycles. The van der Waals surface area contributed by atoms with Crippen molar-refractivity contribution in [2.24, 2.45) is 0 Å². The fraction of sp³-hybridized carbons (Fsp3) is 0.625. The Hall–Kier alpha value is -0.860. The molecule has 0 saturated heterocycles. The van der Waals surface area contributed by atoms with Gasteiger partial charge < -0.3 is 10.2 Å². The Bertz CT molecular complexity index is 335. The van der Waals surface area contributed by atoms with Gasteiger partial charge in [0, 0.05) is 12.1 Å². The molecule has 1 N–H and O–H groups in total. The van der Waals surface area contributed by atoms with Crippen molar-refractivity contribution >= 4 is 0 Å². The van der Waals surface area contributed by atoms with E-state index in [-0.39, 0.29) is 5.54 Å². The van der Waals surface area contributed by atoms with Crippen LogP contribution in [0.15, 0.2) is 24.3 Å². The summed E-state index contributed by atoms with van der Waals surface area (Å²) in [6, 6.07) is 9.00. The molecule has 1 aromatic carbocycles. The molecule has 0 aliphatic heterocycles. The molecule has 0 aromatic heterocycles. The maximum Gasteiger partial charge on any atom is 0.0230 e. The molecule has 1 aromatic rings. The monoisotopic (exact) mass is 248 g/mol. The van der Waals surface area contributed by atoms with Gasteiger partial charge in [-0.3, -0.25) is 0 Å². The molecule has 2 nitrogen and oxygen atoms in total. The maximum atomic E-state index is 3.52. The minimum atomic E-state index is 0.212. The Balaban J connectivity index is 2.41. The van der Waals surface area contributed by atoms with Gasteiger partial charge in [-0.2, -0.15) is 0 Å². The van der Waals surface area contributed by atoms with Crippen molar-refractivity contribution in [2.45, 2.75) is 46.2 Å². The summed E-state index contributed by atoms with van der Waals surface area (Å²) in [6.45, 7) is 12.0. The molecule has 0 saturated carbocycles. The Kier molecular flexibility index (Phi) is 5.83. The molecule has 0 atom stereocenters. The van der Waals surface area contributed by atoms with E-state index in [1.54, 1.807) is 0 Å². The van der Waals surface area contributed by atoms with Gasteiger partial charge in [-0.05, 0) is 58.5 Å². The molecular weight excluding hydrogens is 220 g/mol. The first kappa shape index (κ1) is 15.2. The van der Waals surface area contributed by atoms with Gasteiger partial charge in [-0.1, -0.05) is 31.2 Å². The van der Waals surface area contributed by atoms with Crippen LogP contribution in [0, 0.1) is 0 Å². The third kappa shape index (κ3) is 6.18. The zero-order valence-electron chi connectivity index (χ0n) is 12.6. The molecule has 0 unspecified atom stereocenters. The van der Waals surface area contributed by atoms with E-state index in [0.717, 1.165) is 26.1 Å². The van der Waals surface area contributed by atoms with Crippen LogP contribution < -0.4 is 5.32 Å². The first-order valence-electron chi connectivity index (χ1n) is 6.92. The number of hydrogen-bond acceptors (Lipinski definition) is 2. The average Bonchev–Trinajstić information content (AvgIpc) is 2.29. The number of benzene rings is 1. The van der Waals surface area contributed by atoms with E-state index in [0.29, 0.717) is 0 Å². The molecule has 0 aliphatic rings. The zero-order valence-corrected chi connectivity index (χ0v) is 12.6. The molecule has 18 heavy (non-hydrogen) atoms. The van der Waals surface area contributed by atoms with Crippen molar-refractivity contribution in [3.8, 4) is 0 Å². The number of hydrogen-bond donors (Lipinski definition) is 1. The second-order valence-corrected chi connectivity index (χ2v) is 6.07. The lowest BCUT2D eigenvalue weighted by Crippen LogP contribution is -2.37. The highest BCUT2D eigenvalue weighted by atomic mass is 15.1. The summed E-state index contributed by atoms with van der Waals surface area (Å²) in [4.78, 5) is 2.32. The number of nitrogens with zero attached hydrogens (tertiary/aromatic N) is 1. The highest BCUT2D eigenvalue weighted by molar-refractivity contribution is 5.22. The van der Waals surface area contributed by atoms with E-state index in [2.05, 4.69) is 69.2 Å². The normalized spacial score (nSPS) is 12.1. The Morgan fingerprint density at radius 3 is 2.11 bits per heavy atom. The van der Waals surface area contributed by atoms with Crippen molar-refractivity contribution in [3.63, 3.8) is 0 Å². The lowest BCUT2D eigenvalue weighted by Gasteiger charge is -2.20. The van der Waals surface area contributed by atoms with E-state index in [9.17, 15) is 0 Å². The minimum Gasteiger partial charge on any atom is -0.312 e. The average molecular weight is 248 g/mol. The smallest absolute Gasteiger partial charge is 0.0230 e. The topological polar surface area (TPSA) is 15.3 Å². The van der Waals surface area contributed by atoms with Gasteiger partial charge in [0.15, 0.2) is 0 Å². The molecule has 0 amide bonds. The van der Waals surface area contributed by atoms with E-state index in [1.165, 1.54) is 11.1 Å². The second-order valence-electron chi connectivity index (χ2n) is 6.07. The highest BCUT2D eigenvalue weighted by Crippen LogP contribution is 2.08. The maximum absolute atomic E-state index is 3.52. The molecule has 0 heterocycles. The van der Waals surface area contributed by atoms with Crippen LogP contribution in [0.1, 0.15) is 38.8 Å². The van der Waals surface area contributed by atoms with Crippen LogP contribution in [-0.2, 0) is 13.0 Å². The van der Waals surface area contributed by atoms with Gasteiger partial charge in [-0.15, -0.1) is 0 Å². The highest BCUT2D eigenvalue weighted by Gasteiger charge is 2.07. The van der Waals surface area contributed by atoms with Gasteiger partial charge in [-0.25, -0.2) is 0 Å². The summed E-state index contributed by atoms with van der Waals surface area (Å²) in [7, 11) is 2.15. The standard InChI is InChI=1S/C16H28N2/c1-6-18(5)13-15-9-7-14(8-10-15)11-12-17-16(2,3)4/h7-10,17H,6,11-13H2,1-5H3. The van der Waals surface area contributed by atoms with E-state index in [4.69, 9.17) is 0 Å². The van der Waals surface area contributed by atoms with Gasteiger partial charge in [0.2, 0.25) is 0 Å². The molecule has 0 spiro atoms. The van der Waals surface area contributed by atoms with Gasteiger partial charge in [0.05, 0.1) is 0 Å². The molecule has 2 heteroatoms. The minimum absolute atomic E-state index is 0.212. The van der Waals surface area contributed by atoms with Crippen LogP contribution in [-0.4, -0.2) is 30.6 Å². The zero-order chi connectivity index (χ0) is 13.6. The van der Waals surface area contributed by atoms with Crippen LogP contribution in [0.5, 0.6) is 0 Å². The summed E-state index contributed by atoms with van der Waals surface area (Å²) in [5.74, 6) is 0. The van der Waals surface area contributed by atoms with Crippen LogP contribution in [0.2, 0.25) is 0 Å². The lowest BCUT2D eigenvalue weighted by atomic mass is 10.1. The largest absolute Gasteiger partial charge is 0.312 e. The van der Waals surface area contributed by atoms with E-state index >= 15 is 0 Å². The second kappa shape index (κ2) is 6.91. The predicted molar refractivity (Wildman–Crippen MR) is 79.9 cm³/mol. The fourth-order valence-corrected chi connectivity index (χ4v) is 1.82. The Labute approximate surface area is 112 Å². The summed E-state index contributed by atoms with van der Waals surface area (Å²) in [6.07, 6.45) is 1.10. The predicted octanol–water partition coefficient (Wildman–Crippen LogP) is 3.07. The van der Waals surface area contributed by atoms with Crippen LogP contribution in [0.25, 0.3) is 0 Å². The SMILES string of the molecule is CCN(C)Cc1ccc(CCNC(C)(C)C)cc1. The van der Waals surface area contributed by atoms with E-state index < -0.39 is 0 Å². The summed E-state index contributed by atoms with van der Waals surface area (Å²) >= 11 is 0. The summed E-state index contributed by atoms with van der Waals surface area (Å²) in [5.41, 5.74) is 3.02. The molecule has 0 bridgehead atoms. The summed E-state index contributed by atoms with van der Waals surface area (Å²) < 4.78 is 0. The van der Waals surface area contributed by atoms with Crippen molar-refractivity contribution in [3.05, 3.63) is 35.4 Å². The van der Waals surface area contributed by atoms with Gasteiger partial charge in [0.1, 0.15) is 0 Å². The van der Waals surface area contributed by atoms with Crippen LogP contribution in [0.3, 0.4) is 0 Å². The number of rotatable bonds is 6. The molecule has 0 fully saturated rings. The van der Waals surface area contributed by atoms with E-state index in [1.807, 2.05) is 0 Å². The van der Waals surface area contributed by atoms with Crippen molar-refractivity contribution < 1.29 is 0 Å². The molecule has 102 valence electrons. The number of nitrogens with one attached hydrogen (secondary N) is 1. The Morgan fingerprint density at radius 1 is 1.06 bits per heavy atom. The summed E-state index contributed by atoms with van der Waals surface area (Å²) in [5, 5.41) is 3.52. The van der Waals surface area contributed by atoms with Crippen LogP contribution >= 0.6 is 0 Å². The van der Waals surface area contributed by atoms with Crippen molar-refractivity contribution in [2.75, 3.05) is 20.1 Å². The third-order valence-electron chi connectivity index (χ3n) is 3.08. The first-order chi connectivity index (χ1) is 8.40. The lowest BCUT2D eigenvalue weighted by molar-refractivity contribution is 0.346.